The van der Waals surface area contributed by atoms with E-state index in [0.717, 1.165) is 16.8 Å². The summed E-state index contributed by atoms with van der Waals surface area (Å²) in [6.45, 7) is 1.82. The smallest absolute Gasteiger partial charge is 0.265 e. The third kappa shape index (κ3) is 1.60. The van der Waals surface area contributed by atoms with Gasteiger partial charge in [0, 0.05) is 11.6 Å². The van der Waals surface area contributed by atoms with Crippen molar-refractivity contribution in [2.75, 3.05) is 0 Å². The Morgan fingerprint density at radius 3 is 2.83 bits per heavy atom. The van der Waals surface area contributed by atoms with Crippen LogP contribution in [0.2, 0.25) is 5.02 Å². The fourth-order valence-corrected chi connectivity index (χ4v) is 2.04. The average molecular weight is 261 g/mol. The number of para-hydroxylation sites is 1. The van der Waals surface area contributed by atoms with Crippen LogP contribution in [-0.4, -0.2) is 20.0 Å². The van der Waals surface area contributed by atoms with Gasteiger partial charge in [0.05, 0.1) is 16.4 Å². The number of H-pyrrole nitrogens is 1. The Hall–Kier alpha value is -2.14. The maximum absolute atomic E-state index is 11.6. The Morgan fingerprint density at radius 2 is 2.11 bits per heavy atom. The van der Waals surface area contributed by atoms with Crippen LogP contribution in [-0.2, 0) is 0 Å². The Morgan fingerprint density at radius 1 is 1.33 bits per heavy atom. The second-order valence-corrected chi connectivity index (χ2v) is 4.33. The monoisotopic (exact) mass is 260 g/mol. The van der Waals surface area contributed by atoms with Gasteiger partial charge in [-0.1, -0.05) is 23.7 Å². The molecule has 1 aromatic carbocycles. The largest absolute Gasteiger partial charge is 0.292 e. The van der Waals surface area contributed by atoms with Crippen LogP contribution in [0.4, 0.5) is 0 Å². The molecule has 0 saturated carbocycles. The molecule has 0 spiro atoms. The zero-order valence-corrected chi connectivity index (χ0v) is 10.3. The van der Waals surface area contributed by atoms with Crippen molar-refractivity contribution in [1.82, 2.24) is 20.0 Å². The fraction of sp³-hybridized carbons (Fsp3) is 0.0833. The minimum atomic E-state index is -0.304. The summed E-state index contributed by atoms with van der Waals surface area (Å²) < 4.78 is 1.59. The second-order valence-electron chi connectivity index (χ2n) is 3.93. The van der Waals surface area contributed by atoms with Gasteiger partial charge in [-0.05, 0) is 19.1 Å². The lowest BCUT2D eigenvalue weighted by molar-refractivity contribution is 0.890. The molecule has 0 atom stereocenters. The van der Waals surface area contributed by atoms with Gasteiger partial charge in [0.15, 0.2) is 5.52 Å². The Kier molecular flexibility index (Phi) is 2.41. The highest BCUT2D eigenvalue weighted by Gasteiger charge is 2.10. The Labute approximate surface area is 107 Å². The van der Waals surface area contributed by atoms with E-state index in [1.54, 1.807) is 16.9 Å². The number of aromatic amines is 1. The van der Waals surface area contributed by atoms with Crippen molar-refractivity contribution in [3.8, 4) is 5.69 Å². The van der Waals surface area contributed by atoms with Gasteiger partial charge < -0.3 is 0 Å². The molecular formula is C12H9ClN4O. The van der Waals surface area contributed by atoms with E-state index >= 15 is 0 Å². The molecule has 0 unspecified atom stereocenters. The van der Waals surface area contributed by atoms with Crippen LogP contribution in [0.15, 0.2) is 35.3 Å². The minimum Gasteiger partial charge on any atom is -0.265 e. The molecule has 0 saturated heterocycles. The number of halogens is 1. The number of hydrogen-bond donors (Lipinski definition) is 1. The van der Waals surface area contributed by atoms with E-state index in [1.807, 2.05) is 25.1 Å². The van der Waals surface area contributed by atoms with Gasteiger partial charge >= 0.3 is 0 Å². The Balaban J connectivity index is 2.33. The molecule has 0 radical (unpaired) electrons. The molecular weight excluding hydrogens is 252 g/mol. The van der Waals surface area contributed by atoms with Gasteiger partial charge in [-0.15, -0.1) is 0 Å². The summed E-state index contributed by atoms with van der Waals surface area (Å²) in [6, 6.07) is 7.32. The van der Waals surface area contributed by atoms with Crippen molar-refractivity contribution in [1.29, 1.82) is 0 Å². The van der Waals surface area contributed by atoms with Crippen molar-refractivity contribution in [2.24, 2.45) is 0 Å². The molecule has 5 nitrogen and oxygen atoms in total. The molecule has 0 aliphatic heterocycles. The van der Waals surface area contributed by atoms with E-state index in [4.69, 9.17) is 11.6 Å². The van der Waals surface area contributed by atoms with Gasteiger partial charge in [0.25, 0.3) is 5.56 Å². The molecule has 0 aliphatic rings. The third-order valence-electron chi connectivity index (χ3n) is 2.74. The van der Waals surface area contributed by atoms with E-state index in [-0.39, 0.29) is 5.56 Å². The number of benzene rings is 1. The molecule has 0 amide bonds. The highest BCUT2D eigenvalue weighted by Crippen LogP contribution is 2.21. The SMILES string of the molecule is Cc1n[nH]c(=O)c2nn(-c3ccccc3Cl)cc12. The number of aromatic nitrogens is 4. The number of fused-ring (bicyclic) bond motifs is 1. The summed E-state index contributed by atoms with van der Waals surface area (Å²) >= 11 is 6.10. The number of aryl methyl sites for hydroxylation is 1. The summed E-state index contributed by atoms with van der Waals surface area (Å²) in [5.41, 5.74) is 1.51. The first kappa shape index (κ1) is 11.0. The molecule has 1 N–H and O–H groups in total. The van der Waals surface area contributed by atoms with Crippen LogP contribution >= 0.6 is 11.6 Å². The van der Waals surface area contributed by atoms with Crippen LogP contribution in [0, 0.1) is 6.92 Å². The Bertz CT molecular complexity index is 790. The lowest BCUT2D eigenvalue weighted by Gasteiger charge is -2.02. The number of nitrogens with zero attached hydrogens (tertiary/aromatic N) is 3. The summed E-state index contributed by atoms with van der Waals surface area (Å²) in [6.07, 6.45) is 1.76. The molecule has 0 bridgehead atoms. The second kappa shape index (κ2) is 3.96. The molecule has 2 aromatic heterocycles. The topological polar surface area (TPSA) is 63.6 Å². The third-order valence-corrected chi connectivity index (χ3v) is 3.06. The zero-order chi connectivity index (χ0) is 12.7. The molecule has 3 aromatic rings. The summed E-state index contributed by atoms with van der Waals surface area (Å²) in [7, 11) is 0. The van der Waals surface area contributed by atoms with E-state index in [9.17, 15) is 4.79 Å². The van der Waals surface area contributed by atoms with Gasteiger partial charge in [0.2, 0.25) is 0 Å². The van der Waals surface area contributed by atoms with Crippen LogP contribution in [0.25, 0.3) is 16.6 Å². The van der Waals surface area contributed by atoms with Gasteiger partial charge in [-0.2, -0.15) is 10.2 Å². The predicted molar refractivity (Wildman–Crippen MR) is 69.2 cm³/mol. The van der Waals surface area contributed by atoms with Gasteiger partial charge in [-0.25, -0.2) is 9.78 Å². The maximum Gasteiger partial charge on any atom is 0.292 e. The van der Waals surface area contributed by atoms with Crippen LogP contribution in [0.1, 0.15) is 5.69 Å². The normalized spacial score (nSPS) is 11.0. The van der Waals surface area contributed by atoms with Crippen molar-refractivity contribution in [3.05, 3.63) is 51.5 Å². The van der Waals surface area contributed by atoms with Crippen LogP contribution < -0.4 is 5.56 Å². The average Bonchev–Trinajstić information content (AvgIpc) is 2.80. The van der Waals surface area contributed by atoms with E-state index in [1.165, 1.54) is 0 Å². The molecule has 3 rings (SSSR count). The highest BCUT2D eigenvalue weighted by atomic mass is 35.5. The highest BCUT2D eigenvalue weighted by molar-refractivity contribution is 6.32. The van der Waals surface area contributed by atoms with Crippen LogP contribution in [0.3, 0.4) is 0 Å². The van der Waals surface area contributed by atoms with Crippen molar-refractivity contribution < 1.29 is 0 Å². The lowest BCUT2D eigenvalue weighted by atomic mass is 10.3. The van der Waals surface area contributed by atoms with E-state index in [2.05, 4.69) is 15.3 Å². The zero-order valence-electron chi connectivity index (χ0n) is 9.51. The number of nitrogens with one attached hydrogen (secondary N) is 1. The predicted octanol–water partition coefficient (Wildman–Crippen LogP) is 2.07. The summed E-state index contributed by atoms with van der Waals surface area (Å²) in [5, 5.41) is 11.9. The van der Waals surface area contributed by atoms with Crippen molar-refractivity contribution in [2.45, 2.75) is 6.92 Å². The summed E-state index contributed by atoms with van der Waals surface area (Å²) in [5.74, 6) is 0. The quantitative estimate of drug-likeness (QED) is 0.728. The molecule has 0 fully saturated rings. The molecule has 2 heterocycles. The number of hydrogen-bond acceptors (Lipinski definition) is 3. The maximum atomic E-state index is 11.6. The van der Waals surface area contributed by atoms with E-state index in [0.29, 0.717) is 10.5 Å². The molecule has 6 heteroatoms. The van der Waals surface area contributed by atoms with Gasteiger partial charge in [0.1, 0.15) is 0 Å². The lowest BCUT2D eigenvalue weighted by Crippen LogP contribution is -2.09. The molecule has 90 valence electrons. The molecule has 18 heavy (non-hydrogen) atoms. The van der Waals surface area contributed by atoms with Crippen molar-refractivity contribution >= 4 is 22.5 Å². The first-order valence-electron chi connectivity index (χ1n) is 5.36. The number of rotatable bonds is 1. The van der Waals surface area contributed by atoms with Gasteiger partial charge in [-0.3, -0.25) is 4.79 Å². The fourth-order valence-electron chi connectivity index (χ4n) is 1.82. The minimum absolute atomic E-state index is 0.304. The molecule has 0 aliphatic carbocycles. The first-order chi connectivity index (χ1) is 8.66. The van der Waals surface area contributed by atoms with Crippen molar-refractivity contribution in [3.63, 3.8) is 0 Å². The first-order valence-corrected chi connectivity index (χ1v) is 5.74. The summed E-state index contributed by atoms with van der Waals surface area (Å²) in [4.78, 5) is 11.6. The standard InChI is InChI=1S/C12H9ClN4O/c1-7-8-6-17(10-5-3-2-4-9(10)13)16-11(8)12(18)15-14-7/h2-6H,1H3,(H,15,18). The van der Waals surface area contributed by atoms with Crippen LogP contribution in [0.5, 0.6) is 0 Å². The van der Waals surface area contributed by atoms with E-state index < -0.39 is 0 Å².